The van der Waals surface area contributed by atoms with Crippen molar-refractivity contribution in [3.63, 3.8) is 0 Å². The Balaban J connectivity index is 2.04. The first-order valence-corrected chi connectivity index (χ1v) is 7.56. The van der Waals surface area contributed by atoms with E-state index >= 15 is 0 Å². The zero-order valence-electron chi connectivity index (χ0n) is 12.0. The maximum atomic E-state index is 9.44. The van der Waals surface area contributed by atoms with Crippen LogP contribution < -0.4 is 4.90 Å². The largest absolute Gasteiger partial charge is 0.390 e. The van der Waals surface area contributed by atoms with Crippen molar-refractivity contribution in [2.24, 2.45) is 5.92 Å². The summed E-state index contributed by atoms with van der Waals surface area (Å²) in [5.41, 5.74) is 0.761. The molecule has 3 nitrogen and oxygen atoms in total. The molecule has 0 aliphatic carbocycles. The third-order valence-electron chi connectivity index (χ3n) is 4.33. The smallest absolute Gasteiger partial charge is 0.136 e. The molecular weight excluding hydrogens is 248 g/mol. The number of pyridine rings is 1. The molecule has 0 radical (unpaired) electrons. The Morgan fingerprint density at radius 3 is 3.00 bits per heavy atom. The second-order valence-electron chi connectivity index (χ2n) is 5.68. The molecule has 0 bridgehead atoms. The number of nitrogens with zero attached hydrogens (tertiary/aromatic N) is 2. The van der Waals surface area contributed by atoms with Crippen LogP contribution in [0.1, 0.15) is 31.9 Å². The van der Waals surface area contributed by atoms with Crippen molar-refractivity contribution in [2.45, 2.75) is 32.8 Å². The van der Waals surface area contributed by atoms with Crippen LogP contribution in [-0.2, 0) is 6.61 Å². The molecular formula is C17H22N2O. The normalized spacial score (nSPS) is 19.5. The summed E-state index contributed by atoms with van der Waals surface area (Å²) in [4.78, 5) is 7.09. The number of hydrogen-bond acceptors (Lipinski definition) is 3. The van der Waals surface area contributed by atoms with Gasteiger partial charge in [0.15, 0.2) is 0 Å². The number of aliphatic hydroxyl groups is 1. The standard InChI is InChI=1S/C17H22N2O/c1-2-13-6-5-9-19(11-13)17-16-8-4-3-7-14(16)10-15(12-20)18-17/h3-4,7-8,10,13,20H,2,5-6,9,11-12H2,1H3. The highest BCUT2D eigenvalue weighted by Crippen LogP contribution is 2.30. The van der Waals surface area contributed by atoms with Gasteiger partial charge in [0, 0.05) is 18.5 Å². The summed E-state index contributed by atoms with van der Waals surface area (Å²) in [7, 11) is 0. The molecule has 3 heteroatoms. The minimum atomic E-state index is 0.00286. The lowest BCUT2D eigenvalue weighted by molar-refractivity contribution is 0.277. The number of piperidine rings is 1. The maximum absolute atomic E-state index is 9.44. The highest BCUT2D eigenvalue weighted by atomic mass is 16.3. The van der Waals surface area contributed by atoms with Gasteiger partial charge in [-0.05, 0) is 30.2 Å². The Morgan fingerprint density at radius 2 is 2.20 bits per heavy atom. The number of anilines is 1. The third-order valence-corrected chi connectivity index (χ3v) is 4.33. The first-order valence-electron chi connectivity index (χ1n) is 7.56. The van der Waals surface area contributed by atoms with Crippen LogP contribution in [0, 0.1) is 5.92 Å². The van der Waals surface area contributed by atoms with Gasteiger partial charge in [-0.2, -0.15) is 0 Å². The lowest BCUT2D eigenvalue weighted by Crippen LogP contribution is -2.36. The van der Waals surface area contributed by atoms with Gasteiger partial charge in [-0.3, -0.25) is 0 Å². The van der Waals surface area contributed by atoms with E-state index in [0.29, 0.717) is 0 Å². The Labute approximate surface area is 120 Å². The number of aromatic nitrogens is 1. The van der Waals surface area contributed by atoms with Crippen LogP contribution in [-0.4, -0.2) is 23.2 Å². The molecule has 1 aliphatic heterocycles. The average molecular weight is 270 g/mol. The molecule has 106 valence electrons. The van der Waals surface area contributed by atoms with Crippen LogP contribution in [0.25, 0.3) is 10.8 Å². The molecule has 1 fully saturated rings. The highest BCUT2D eigenvalue weighted by molar-refractivity contribution is 5.92. The van der Waals surface area contributed by atoms with Crippen molar-refractivity contribution in [1.29, 1.82) is 0 Å². The predicted octanol–water partition coefficient (Wildman–Crippen LogP) is 3.35. The van der Waals surface area contributed by atoms with E-state index in [-0.39, 0.29) is 6.61 Å². The number of aliphatic hydroxyl groups excluding tert-OH is 1. The summed E-state index contributed by atoms with van der Waals surface area (Å²) in [6.07, 6.45) is 3.79. The van der Waals surface area contributed by atoms with E-state index < -0.39 is 0 Å². The van der Waals surface area contributed by atoms with E-state index in [4.69, 9.17) is 0 Å². The summed E-state index contributed by atoms with van der Waals surface area (Å²) in [6, 6.07) is 10.3. The Morgan fingerprint density at radius 1 is 1.35 bits per heavy atom. The van der Waals surface area contributed by atoms with E-state index in [1.54, 1.807) is 0 Å². The summed E-state index contributed by atoms with van der Waals surface area (Å²) in [6.45, 7) is 4.43. The maximum Gasteiger partial charge on any atom is 0.136 e. The van der Waals surface area contributed by atoms with Crippen LogP contribution in [0.4, 0.5) is 5.82 Å². The molecule has 1 aromatic carbocycles. The van der Waals surface area contributed by atoms with E-state index in [1.165, 1.54) is 30.0 Å². The SMILES string of the molecule is CCC1CCCN(c2nc(CO)cc3ccccc23)C1. The third kappa shape index (κ3) is 2.50. The van der Waals surface area contributed by atoms with Crippen LogP contribution in [0.2, 0.25) is 0 Å². The number of benzene rings is 1. The van der Waals surface area contributed by atoms with Gasteiger partial charge in [-0.15, -0.1) is 0 Å². The first-order chi connectivity index (χ1) is 9.81. The van der Waals surface area contributed by atoms with Crippen LogP contribution in [0.3, 0.4) is 0 Å². The molecule has 0 saturated carbocycles. The van der Waals surface area contributed by atoms with Gasteiger partial charge in [0.2, 0.25) is 0 Å². The van der Waals surface area contributed by atoms with Gasteiger partial charge >= 0.3 is 0 Å². The fourth-order valence-electron chi connectivity index (χ4n) is 3.15. The molecule has 2 heterocycles. The molecule has 0 spiro atoms. The van der Waals surface area contributed by atoms with Gasteiger partial charge in [-0.1, -0.05) is 37.6 Å². The fraction of sp³-hybridized carbons (Fsp3) is 0.471. The molecule has 1 N–H and O–H groups in total. The molecule has 20 heavy (non-hydrogen) atoms. The van der Waals surface area contributed by atoms with Crippen LogP contribution >= 0.6 is 0 Å². The average Bonchev–Trinajstić information content (AvgIpc) is 2.53. The minimum absolute atomic E-state index is 0.00286. The summed E-state index contributed by atoms with van der Waals surface area (Å²) in [5.74, 6) is 1.81. The highest BCUT2D eigenvalue weighted by Gasteiger charge is 2.21. The van der Waals surface area contributed by atoms with Crippen molar-refractivity contribution in [2.75, 3.05) is 18.0 Å². The fourth-order valence-corrected chi connectivity index (χ4v) is 3.15. The first kappa shape index (κ1) is 13.4. The molecule has 1 aliphatic rings. The van der Waals surface area contributed by atoms with Crippen LogP contribution in [0.15, 0.2) is 30.3 Å². The molecule has 0 amide bonds. The molecule has 2 aromatic rings. The second kappa shape index (κ2) is 5.80. The van der Waals surface area contributed by atoms with E-state index in [2.05, 4.69) is 35.0 Å². The summed E-state index contributed by atoms with van der Waals surface area (Å²) < 4.78 is 0. The predicted molar refractivity (Wildman–Crippen MR) is 82.9 cm³/mol. The minimum Gasteiger partial charge on any atom is -0.390 e. The summed E-state index contributed by atoms with van der Waals surface area (Å²) in [5, 5.41) is 11.8. The Kier molecular flexibility index (Phi) is 3.88. The lowest BCUT2D eigenvalue weighted by atomic mass is 9.95. The molecule has 1 saturated heterocycles. The van der Waals surface area contributed by atoms with Gasteiger partial charge in [0.25, 0.3) is 0 Å². The van der Waals surface area contributed by atoms with Gasteiger partial charge < -0.3 is 10.0 Å². The lowest BCUT2D eigenvalue weighted by Gasteiger charge is -2.34. The summed E-state index contributed by atoms with van der Waals surface area (Å²) >= 11 is 0. The monoisotopic (exact) mass is 270 g/mol. The van der Waals surface area contributed by atoms with Crippen molar-refractivity contribution in [3.8, 4) is 0 Å². The van der Waals surface area contributed by atoms with Crippen molar-refractivity contribution in [3.05, 3.63) is 36.0 Å². The molecule has 1 atom stereocenters. The van der Waals surface area contributed by atoms with Crippen molar-refractivity contribution >= 4 is 16.6 Å². The Hall–Kier alpha value is -1.61. The number of fused-ring (bicyclic) bond motifs is 1. The molecule has 1 unspecified atom stereocenters. The molecule has 3 rings (SSSR count). The van der Waals surface area contributed by atoms with Gasteiger partial charge in [0.05, 0.1) is 12.3 Å². The second-order valence-corrected chi connectivity index (χ2v) is 5.68. The van der Waals surface area contributed by atoms with Crippen molar-refractivity contribution in [1.82, 2.24) is 4.98 Å². The van der Waals surface area contributed by atoms with Crippen molar-refractivity contribution < 1.29 is 5.11 Å². The molecule has 1 aromatic heterocycles. The zero-order valence-corrected chi connectivity index (χ0v) is 12.0. The van der Waals surface area contributed by atoms with Gasteiger partial charge in [-0.25, -0.2) is 4.98 Å². The van der Waals surface area contributed by atoms with E-state index in [9.17, 15) is 5.11 Å². The number of rotatable bonds is 3. The Bertz CT molecular complexity index is 597. The zero-order chi connectivity index (χ0) is 13.9. The van der Waals surface area contributed by atoms with E-state index in [0.717, 1.165) is 30.5 Å². The topological polar surface area (TPSA) is 36.4 Å². The van der Waals surface area contributed by atoms with Crippen LogP contribution in [0.5, 0.6) is 0 Å². The number of hydrogen-bond donors (Lipinski definition) is 1. The van der Waals surface area contributed by atoms with Gasteiger partial charge in [0.1, 0.15) is 5.82 Å². The van der Waals surface area contributed by atoms with E-state index in [1.807, 2.05) is 12.1 Å². The quantitative estimate of drug-likeness (QED) is 0.929.